The highest BCUT2D eigenvalue weighted by Crippen LogP contribution is 2.37. The van der Waals surface area contributed by atoms with Crippen LogP contribution in [-0.2, 0) is 20.8 Å². The Bertz CT molecular complexity index is 1060. The minimum Gasteiger partial charge on any atom is -0.323 e. The third-order valence-corrected chi connectivity index (χ3v) is 6.06. The van der Waals surface area contributed by atoms with E-state index in [2.05, 4.69) is 5.10 Å². The maximum Gasteiger partial charge on any atom is 0.431 e. The number of amides is 1. The number of nitrogens with zero attached hydrogens (tertiary/aromatic N) is 2. The topological polar surface area (TPSA) is 111 Å². The molecule has 1 aromatic rings. The lowest BCUT2D eigenvalue weighted by Crippen LogP contribution is -2.48. The molecule has 1 unspecified atom stereocenters. The van der Waals surface area contributed by atoms with E-state index in [4.69, 9.17) is 5.26 Å². The number of rotatable bonds is 4. The fourth-order valence-corrected chi connectivity index (χ4v) is 3.63. The lowest BCUT2D eigenvalue weighted by molar-refractivity contribution is -0.137. The van der Waals surface area contributed by atoms with E-state index in [1.54, 1.807) is 0 Å². The number of hydrazone groups is 1. The second-order valence-electron chi connectivity index (χ2n) is 6.54. The third kappa shape index (κ3) is 4.50. The number of nitrogens with one attached hydrogen (secondary N) is 2. The normalized spacial score (nSPS) is 19.6. The molecule has 1 aromatic carbocycles. The molecule has 1 aliphatic rings. The highest BCUT2D eigenvalue weighted by molar-refractivity contribution is 7.91. The average Bonchev–Trinajstić information content (AvgIpc) is 3.04. The van der Waals surface area contributed by atoms with Gasteiger partial charge in [-0.05, 0) is 19.1 Å². The van der Waals surface area contributed by atoms with E-state index in [1.165, 1.54) is 13.0 Å². The number of halogens is 6. The van der Waals surface area contributed by atoms with Gasteiger partial charge in [-0.25, -0.2) is 8.42 Å². The van der Waals surface area contributed by atoms with Gasteiger partial charge in [-0.2, -0.15) is 36.7 Å². The third-order valence-electron chi connectivity index (χ3n) is 4.30. The zero-order chi connectivity index (χ0) is 23.1. The fraction of sp³-hybridized carbons (Fsp3) is 0.438. The summed E-state index contributed by atoms with van der Waals surface area (Å²) in [5, 5.41) is 13.9. The Kier molecular flexibility index (Phi) is 5.83. The summed E-state index contributed by atoms with van der Waals surface area (Å²) < 4.78 is 103. The largest absolute Gasteiger partial charge is 0.431 e. The van der Waals surface area contributed by atoms with Crippen LogP contribution in [0.25, 0.3) is 0 Å². The van der Waals surface area contributed by atoms with Crippen molar-refractivity contribution in [2.45, 2.75) is 43.1 Å². The predicted molar refractivity (Wildman–Crippen MR) is 92.2 cm³/mol. The van der Waals surface area contributed by atoms with Crippen LogP contribution >= 0.6 is 0 Å². The first kappa shape index (κ1) is 23.5. The molecule has 1 amide bonds. The van der Waals surface area contributed by atoms with Gasteiger partial charge < -0.3 is 5.32 Å². The van der Waals surface area contributed by atoms with Crippen molar-refractivity contribution in [1.29, 1.82) is 5.26 Å². The van der Waals surface area contributed by atoms with E-state index in [9.17, 15) is 39.6 Å². The molecule has 2 N–H and O–H groups in total. The average molecular weight is 456 g/mol. The van der Waals surface area contributed by atoms with Crippen LogP contribution < -0.4 is 10.7 Å². The van der Waals surface area contributed by atoms with Crippen LogP contribution in [0.5, 0.6) is 0 Å². The molecule has 2 rings (SSSR count). The highest BCUT2D eigenvalue weighted by atomic mass is 32.2. The van der Waals surface area contributed by atoms with Crippen molar-refractivity contribution in [1.82, 2.24) is 5.43 Å². The summed E-state index contributed by atoms with van der Waals surface area (Å²) in [5.74, 6) is -1.81. The first-order chi connectivity index (χ1) is 13.5. The molecule has 0 bridgehead atoms. The SMILES string of the molecule is CCS(=O)(=O)c1cc(C#N)c(C(F)(F)F)cc1NC(=O)C1(C)CC(C(F)(F)F)=NN1. The lowest BCUT2D eigenvalue weighted by Gasteiger charge is -2.24. The van der Waals surface area contributed by atoms with Gasteiger partial charge in [0, 0.05) is 6.42 Å². The number of benzene rings is 1. The molecule has 0 spiro atoms. The molecule has 30 heavy (non-hydrogen) atoms. The van der Waals surface area contributed by atoms with E-state index in [-0.39, 0.29) is 6.07 Å². The molecular formula is C16H14F6N4O3S. The van der Waals surface area contributed by atoms with Gasteiger partial charge in [-0.1, -0.05) is 6.92 Å². The molecule has 164 valence electrons. The molecule has 1 aliphatic heterocycles. The van der Waals surface area contributed by atoms with Gasteiger partial charge in [-0.15, -0.1) is 0 Å². The van der Waals surface area contributed by atoms with Crippen LogP contribution in [0.15, 0.2) is 22.1 Å². The number of hydrogen-bond donors (Lipinski definition) is 2. The van der Waals surface area contributed by atoms with Crippen LogP contribution in [0.4, 0.5) is 32.0 Å². The summed E-state index contributed by atoms with van der Waals surface area (Å²) in [7, 11) is -4.21. The number of nitriles is 1. The quantitative estimate of drug-likeness (QED) is 0.677. The summed E-state index contributed by atoms with van der Waals surface area (Å²) >= 11 is 0. The molecule has 0 fully saturated rings. The van der Waals surface area contributed by atoms with Crippen molar-refractivity contribution >= 4 is 27.1 Å². The Balaban J connectivity index is 2.53. The molecule has 7 nitrogen and oxygen atoms in total. The van der Waals surface area contributed by atoms with Crippen LogP contribution in [0, 0.1) is 11.3 Å². The van der Waals surface area contributed by atoms with Crippen LogP contribution in [0.1, 0.15) is 31.4 Å². The molecule has 0 saturated heterocycles. The van der Waals surface area contributed by atoms with Crippen molar-refractivity contribution in [3.8, 4) is 6.07 Å². The minimum absolute atomic E-state index is 0.267. The van der Waals surface area contributed by atoms with E-state index < -0.39 is 73.2 Å². The second-order valence-corrected chi connectivity index (χ2v) is 8.78. The Morgan fingerprint density at radius 1 is 1.27 bits per heavy atom. The van der Waals surface area contributed by atoms with E-state index >= 15 is 0 Å². The Morgan fingerprint density at radius 2 is 1.87 bits per heavy atom. The number of carbonyl (C=O) groups is 1. The molecule has 0 saturated carbocycles. The van der Waals surface area contributed by atoms with Gasteiger partial charge >= 0.3 is 12.4 Å². The summed E-state index contributed by atoms with van der Waals surface area (Å²) in [6.07, 6.45) is -10.8. The van der Waals surface area contributed by atoms with Crippen LogP contribution in [-0.4, -0.2) is 37.5 Å². The molecule has 1 heterocycles. The number of anilines is 1. The second kappa shape index (κ2) is 7.46. The zero-order valence-electron chi connectivity index (χ0n) is 15.4. The zero-order valence-corrected chi connectivity index (χ0v) is 16.2. The summed E-state index contributed by atoms with van der Waals surface area (Å²) in [6, 6.07) is 1.99. The fourth-order valence-electron chi connectivity index (χ4n) is 2.58. The van der Waals surface area contributed by atoms with E-state index in [0.717, 1.165) is 6.92 Å². The Morgan fingerprint density at radius 3 is 2.30 bits per heavy atom. The van der Waals surface area contributed by atoms with E-state index in [1.807, 2.05) is 10.7 Å². The number of sulfone groups is 1. The maximum absolute atomic E-state index is 13.3. The standard InChI is InChI=1S/C16H14F6N4O3S/c1-3-30(28,29)11-4-8(7-23)9(15(17,18)19)5-10(11)24-13(27)14(2)6-12(25-26-14)16(20,21)22/h4-5,26H,3,6H2,1-2H3,(H,24,27). The van der Waals surface area contributed by atoms with Gasteiger partial charge in [0.1, 0.15) is 11.3 Å². The Labute approximate surface area is 166 Å². The summed E-state index contributed by atoms with van der Waals surface area (Å²) in [6.45, 7) is 2.21. The number of hydrogen-bond acceptors (Lipinski definition) is 6. The van der Waals surface area contributed by atoms with Gasteiger partial charge in [0.2, 0.25) is 0 Å². The highest BCUT2D eigenvalue weighted by Gasteiger charge is 2.48. The number of alkyl halides is 6. The summed E-state index contributed by atoms with van der Waals surface area (Å²) in [5.41, 5.74) is -4.62. The molecule has 1 atom stereocenters. The van der Waals surface area contributed by atoms with Crippen LogP contribution in [0.2, 0.25) is 0 Å². The lowest BCUT2D eigenvalue weighted by atomic mass is 9.95. The molecular weight excluding hydrogens is 442 g/mol. The molecule has 0 aliphatic carbocycles. The monoisotopic (exact) mass is 456 g/mol. The first-order valence-electron chi connectivity index (χ1n) is 8.15. The van der Waals surface area contributed by atoms with Gasteiger partial charge in [0.15, 0.2) is 9.84 Å². The van der Waals surface area contributed by atoms with Crippen molar-refractivity contribution in [2.24, 2.45) is 5.10 Å². The Hall–Kier alpha value is -2.82. The van der Waals surface area contributed by atoms with Crippen molar-refractivity contribution in [2.75, 3.05) is 11.1 Å². The smallest absolute Gasteiger partial charge is 0.323 e. The molecule has 0 aromatic heterocycles. The van der Waals surface area contributed by atoms with E-state index in [0.29, 0.717) is 6.07 Å². The predicted octanol–water partition coefficient (Wildman–Crippen LogP) is 2.98. The van der Waals surface area contributed by atoms with Crippen molar-refractivity contribution in [3.63, 3.8) is 0 Å². The maximum atomic E-state index is 13.3. The van der Waals surface area contributed by atoms with Gasteiger partial charge in [0.05, 0.1) is 33.5 Å². The number of carbonyl (C=O) groups excluding carboxylic acids is 1. The molecule has 14 heteroatoms. The minimum atomic E-state index is -5.05. The molecule has 0 radical (unpaired) electrons. The van der Waals surface area contributed by atoms with Gasteiger partial charge in [0.25, 0.3) is 5.91 Å². The van der Waals surface area contributed by atoms with Crippen molar-refractivity contribution < 1.29 is 39.6 Å². The first-order valence-corrected chi connectivity index (χ1v) is 9.81. The van der Waals surface area contributed by atoms with Gasteiger partial charge in [-0.3, -0.25) is 10.2 Å². The van der Waals surface area contributed by atoms with Crippen LogP contribution in [0.3, 0.4) is 0 Å². The van der Waals surface area contributed by atoms with Crippen molar-refractivity contribution in [3.05, 3.63) is 23.3 Å². The summed E-state index contributed by atoms with van der Waals surface area (Å²) in [4.78, 5) is 11.8.